The normalized spacial score (nSPS) is 19.5. The predicted octanol–water partition coefficient (Wildman–Crippen LogP) is 2.29. The summed E-state index contributed by atoms with van der Waals surface area (Å²) in [5.41, 5.74) is 2.22. The van der Waals surface area contributed by atoms with Crippen LogP contribution in [0.3, 0.4) is 0 Å². The molecule has 1 aliphatic heterocycles. The molecule has 142 valence electrons. The van der Waals surface area contributed by atoms with Crippen LogP contribution in [0.5, 0.6) is 5.75 Å². The van der Waals surface area contributed by atoms with Crippen LogP contribution in [0.2, 0.25) is 5.02 Å². The molecule has 2 atom stereocenters. The van der Waals surface area contributed by atoms with Gasteiger partial charge in [-0.05, 0) is 37.1 Å². The van der Waals surface area contributed by atoms with Crippen molar-refractivity contribution in [2.45, 2.75) is 32.6 Å². The zero-order chi connectivity index (χ0) is 18.5. The zero-order valence-corrected chi connectivity index (χ0v) is 16.0. The van der Waals surface area contributed by atoms with Crippen molar-refractivity contribution in [1.82, 2.24) is 14.7 Å². The Morgan fingerprint density at radius 1 is 1.38 bits per heavy atom. The lowest BCUT2D eigenvalue weighted by molar-refractivity contribution is -0.0517. The Morgan fingerprint density at radius 2 is 2.23 bits per heavy atom. The molecule has 0 radical (unpaired) electrons. The van der Waals surface area contributed by atoms with Crippen molar-refractivity contribution in [3.8, 4) is 5.75 Å². The van der Waals surface area contributed by atoms with Crippen LogP contribution in [0.1, 0.15) is 11.1 Å². The first kappa shape index (κ1) is 19.2. The molecule has 0 bridgehead atoms. The van der Waals surface area contributed by atoms with Crippen LogP contribution in [-0.2, 0) is 11.3 Å². The molecule has 6 nitrogen and oxygen atoms in total. The molecule has 2 unspecified atom stereocenters. The fraction of sp³-hybridized carbons (Fsp3) is 0.526. The summed E-state index contributed by atoms with van der Waals surface area (Å²) in [5.74, 6) is 0.602. The Balaban J connectivity index is 1.45. The molecule has 1 aromatic heterocycles. The highest BCUT2D eigenvalue weighted by Crippen LogP contribution is 2.25. The molecule has 1 aromatic carbocycles. The highest BCUT2D eigenvalue weighted by molar-refractivity contribution is 6.32. The van der Waals surface area contributed by atoms with Gasteiger partial charge in [0.1, 0.15) is 18.5 Å². The van der Waals surface area contributed by atoms with Gasteiger partial charge in [0.2, 0.25) is 0 Å². The van der Waals surface area contributed by atoms with E-state index in [9.17, 15) is 5.11 Å². The number of aliphatic hydroxyl groups is 1. The minimum atomic E-state index is -0.585. The largest absolute Gasteiger partial charge is 0.489 e. The maximum Gasteiger partial charge on any atom is 0.138 e. The molecule has 0 spiro atoms. The Labute approximate surface area is 159 Å². The lowest BCUT2D eigenvalue weighted by Crippen LogP contribution is -2.47. The summed E-state index contributed by atoms with van der Waals surface area (Å²) in [6, 6.07) is 5.63. The SMILES string of the molecule is Cc1ccc(OCC(O)CN2CCOC(Cn3cc(C)cn3)C2)c(Cl)c1. The summed E-state index contributed by atoms with van der Waals surface area (Å²) in [5, 5.41) is 15.2. The van der Waals surface area contributed by atoms with Crippen molar-refractivity contribution >= 4 is 11.6 Å². The maximum atomic E-state index is 10.3. The summed E-state index contributed by atoms with van der Waals surface area (Å²) in [6.45, 7) is 7.69. The summed E-state index contributed by atoms with van der Waals surface area (Å²) in [6.07, 6.45) is 3.34. The molecular formula is C19H26ClN3O3. The maximum absolute atomic E-state index is 10.3. The number of hydrogen-bond donors (Lipinski definition) is 1. The standard InChI is InChI=1S/C19H26ClN3O3/c1-14-3-4-19(18(20)7-14)26-13-16(24)10-22-5-6-25-17(11-22)12-23-9-15(2)8-21-23/h3-4,7-9,16-17,24H,5-6,10-13H2,1-2H3. The van der Waals surface area contributed by atoms with Gasteiger partial charge in [0.05, 0.1) is 30.5 Å². The monoisotopic (exact) mass is 379 g/mol. The van der Waals surface area contributed by atoms with Crippen molar-refractivity contribution < 1.29 is 14.6 Å². The highest BCUT2D eigenvalue weighted by atomic mass is 35.5. The van der Waals surface area contributed by atoms with Gasteiger partial charge in [-0.2, -0.15) is 5.10 Å². The number of aliphatic hydroxyl groups excluding tert-OH is 1. The van der Waals surface area contributed by atoms with E-state index in [4.69, 9.17) is 21.1 Å². The lowest BCUT2D eigenvalue weighted by atomic mass is 10.2. The summed E-state index contributed by atoms with van der Waals surface area (Å²) in [7, 11) is 0. The summed E-state index contributed by atoms with van der Waals surface area (Å²) >= 11 is 6.16. The molecule has 1 N–H and O–H groups in total. The summed E-state index contributed by atoms with van der Waals surface area (Å²) in [4.78, 5) is 2.20. The number of benzene rings is 1. The van der Waals surface area contributed by atoms with E-state index < -0.39 is 6.10 Å². The van der Waals surface area contributed by atoms with E-state index in [1.807, 2.05) is 49.1 Å². The number of hydrogen-bond acceptors (Lipinski definition) is 5. The van der Waals surface area contributed by atoms with Gasteiger partial charge in [-0.25, -0.2) is 0 Å². The third-order valence-corrected chi connectivity index (χ3v) is 4.66. The second-order valence-electron chi connectivity index (χ2n) is 6.89. The smallest absolute Gasteiger partial charge is 0.138 e. The van der Waals surface area contributed by atoms with Gasteiger partial charge in [-0.3, -0.25) is 9.58 Å². The van der Waals surface area contributed by atoms with Gasteiger partial charge >= 0.3 is 0 Å². The Morgan fingerprint density at radius 3 is 2.96 bits per heavy atom. The van der Waals surface area contributed by atoms with E-state index in [0.29, 0.717) is 23.9 Å². The van der Waals surface area contributed by atoms with Crippen LogP contribution in [0, 0.1) is 13.8 Å². The van der Waals surface area contributed by atoms with E-state index in [1.54, 1.807) is 0 Å². The molecule has 3 rings (SSSR count). The van der Waals surface area contributed by atoms with Crippen LogP contribution in [-0.4, -0.2) is 64.8 Å². The average Bonchev–Trinajstić information content (AvgIpc) is 2.99. The molecule has 2 aromatic rings. The number of halogens is 1. The minimum Gasteiger partial charge on any atom is -0.489 e. The number of aromatic nitrogens is 2. The fourth-order valence-corrected chi connectivity index (χ4v) is 3.38. The number of ether oxygens (including phenoxy) is 2. The number of β-amino-alcohol motifs (C(OH)–C–C–N with tert-alkyl or cyclic N) is 1. The lowest BCUT2D eigenvalue weighted by Gasteiger charge is -2.34. The summed E-state index contributed by atoms with van der Waals surface area (Å²) < 4.78 is 13.4. The fourth-order valence-electron chi connectivity index (χ4n) is 3.09. The Kier molecular flexibility index (Phi) is 6.53. The van der Waals surface area contributed by atoms with E-state index in [1.165, 1.54) is 0 Å². The number of nitrogens with zero attached hydrogens (tertiary/aromatic N) is 3. The minimum absolute atomic E-state index is 0.0720. The van der Waals surface area contributed by atoms with E-state index in [-0.39, 0.29) is 12.7 Å². The van der Waals surface area contributed by atoms with Gasteiger partial charge in [-0.15, -0.1) is 0 Å². The number of aryl methyl sites for hydroxylation is 2. The second-order valence-corrected chi connectivity index (χ2v) is 7.30. The quantitative estimate of drug-likeness (QED) is 0.799. The molecule has 0 aliphatic carbocycles. The molecular weight excluding hydrogens is 354 g/mol. The van der Waals surface area contributed by atoms with Crippen molar-refractivity contribution in [2.75, 3.05) is 32.8 Å². The van der Waals surface area contributed by atoms with Gasteiger partial charge in [0.15, 0.2) is 0 Å². The van der Waals surface area contributed by atoms with Crippen LogP contribution >= 0.6 is 11.6 Å². The van der Waals surface area contributed by atoms with Gasteiger partial charge in [-0.1, -0.05) is 17.7 Å². The van der Waals surface area contributed by atoms with Gasteiger partial charge in [0, 0.05) is 25.8 Å². The first-order valence-corrected chi connectivity index (χ1v) is 9.27. The molecule has 2 heterocycles. The van der Waals surface area contributed by atoms with Crippen molar-refractivity contribution in [3.63, 3.8) is 0 Å². The molecule has 0 amide bonds. The first-order chi connectivity index (χ1) is 12.5. The van der Waals surface area contributed by atoms with E-state index in [0.717, 1.165) is 30.8 Å². The van der Waals surface area contributed by atoms with Crippen LogP contribution in [0.15, 0.2) is 30.6 Å². The second kappa shape index (κ2) is 8.86. The Hall–Kier alpha value is -1.60. The molecule has 26 heavy (non-hydrogen) atoms. The van der Waals surface area contributed by atoms with Crippen LogP contribution < -0.4 is 4.74 Å². The van der Waals surface area contributed by atoms with Gasteiger partial charge in [0.25, 0.3) is 0 Å². The van der Waals surface area contributed by atoms with Crippen molar-refractivity contribution in [3.05, 3.63) is 46.7 Å². The first-order valence-electron chi connectivity index (χ1n) is 8.89. The predicted molar refractivity (Wildman–Crippen MR) is 101 cm³/mol. The number of rotatable bonds is 7. The zero-order valence-electron chi connectivity index (χ0n) is 15.3. The average molecular weight is 380 g/mol. The molecule has 0 saturated carbocycles. The van der Waals surface area contributed by atoms with Crippen molar-refractivity contribution in [1.29, 1.82) is 0 Å². The van der Waals surface area contributed by atoms with Gasteiger partial charge < -0.3 is 14.6 Å². The molecule has 1 aliphatic rings. The third kappa shape index (κ3) is 5.45. The topological polar surface area (TPSA) is 59.8 Å². The number of morpholine rings is 1. The molecule has 7 heteroatoms. The van der Waals surface area contributed by atoms with Crippen LogP contribution in [0.25, 0.3) is 0 Å². The Bertz CT molecular complexity index is 722. The third-order valence-electron chi connectivity index (χ3n) is 4.36. The highest BCUT2D eigenvalue weighted by Gasteiger charge is 2.23. The van der Waals surface area contributed by atoms with E-state index >= 15 is 0 Å². The molecule has 1 saturated heterocycles. The van der Waals surface area contributed by atoms with Crippen molar-refractivity contribution in [2.24, 2.45) is 0 Å². The van der Waals surface area contributed by atoms with E-state index in [2.05, 4.69) is 10.00 Å². The molecule has 1 fully saturated rings. The van der Waals surface area contributed by atoms with Crippen LogP contribution in [0.4, 0.5) is 0 Å².